The van der Waals surface area contributed by atoms with Crippen LogP contribution in [-0.2, 0) is 9.53 Å². The fourth-order valence-corrected chi connectivity index (χ4v) is 4.18. The van der Waals surface area contributed by atoms with E-state index in [0.717, 1.165) is 47.9 Å². The molecule has 1 saturated carbocycles. The van der Waals surface area contributed by atoms with Crippen LogP contribution in [0.3, 0.4) is 0 Å². The molecule has 1 amide bonds. The number of rotatable bonds is 7. The Hall–Kier alpha value is -2.07. The van der Waals surface area contributed by atoms with Crippen LogP contribution < -0.4 is 10.1 Å². The Morgan fingerprint density at radius 3 is 2.64 bits per heavy atom. The van der Waals surface area contributed by atoms with Gasteiger partial charge in [0.05, 0.1) is 6.61 Å². The largest absolute Gasteiger partial charge is 0.493 e. The first-order valence-electron chi connectivity index (χ1n) is 10.5. The molecule has 0 saturated heterocycles. The third-order valence-electron chi connectivity index (χ3n) is 5.49. The minimum atomic E-state index is -0.722. The molecule has 0 heterocycles. The van der Waals surface area contributed by atoms with Crippen LogP contribution in [0.1, 0.15) is 53.4 Å². The Kier molecular flexibility index (Phi) is 6.61. The van der Waals surface area contributed by atoms with E-state index in [4.69, 9.17) is 9.47 Å². The lowest BCUT2D eigenvalue weighted by Crippen LogP contribution is -2.48. The molecule has 28 heavy (non-hydrogen) atoms. The highest BCUT2D eigenvalue weighted by Crippen LogP contribution is 2.38. The molecule has 4 nitrogen and oxygen atoms in total. The molecular weight excluding hydrogens is 350 g/mol. The zero-order chi connectivity index (χ0) is 20.1. The highest BCUT2D eigenvalue weighted by Gasteiger charge is 2.42. The van der Waals surface area contributed by atoms with Gasteiger partial charge in [-0.1, -0.05) is 51.5 Å². The Bertz CT molecular complexity index is 813. The molecule has 0 spiro atoms. The van der Waals surface area contributed by atoms with E-state index in [1.165, 1.54) is 0 Å². The fourth-order valence-electron chi connectivity index (χ4n) is 4.18. The second kappa shape index (κ2) is 8.95. The van der Waals surface area contributed by atoms with Gasteiger partial charge >= 0.3 is 0 Å². The summed E-state index contributed by atoms with van der Waals surface area (Å²) in [6.45, 7) is 9.65. The standard InChI is InChI=1S/C24H33NO3/c1-5-28-24(14-8-9-18(4)15-24)23(26)25-21-12-13-22(27-16-17(2)3)20-11-7-6-10-19(20)21/h6-7,10-13,17-18H,5,8-9,14-16H2,1-4H3,(H,25,26)/t18-,24-/m1/s1. The Morgan fingerprint density at radius 1 is 1.21 bits per heavy atom. The van der Waals surface area contributed by atoms with Gasteiger partial charge < -0.3 is 14.8 Å². The summed E-state index contributed by atoms with van der Waals surface area (Å²) in [7, 11) is 0. The number of hydrogen-bond donors (Lipinski definition) is 1. The zero-order valence-corrected chi connectivity index (χ0v) is 17.6. The molecule has 3 rings (SSSR count). The Labute approximate surface area is 168 Å². The Balaban J connectivity index is 1.89. The lowest BCUT2D eigenvalue weighted by Gasteiger charge is -2.38. The first-order chi connectivity index (χ1) is 13.4. The maximum atomic E-state index is 13.3. The minimum Gasteiger partial charge on any atom is -0.493 e. The van der Waals surface area contributed by atoms with E-state index >= 15 is 0 Å². The van der Waals surface area contributed by atoms with Gasteiger partial charge in [0.25, 0.3) is 5.91 Å². The monoisotopic (exact) mass is 383 g/mol. The second-order valence-corrected chi connectivity index (χ2v) is 8.44. The quantitative estimate of drug-likeness (QED) is 0.657. The van der Waals surface area contributed by atoms with Crippen molar-refractivity contribution in [3.05, 3.63) is 36.4 Å². The van der Waals surface area contributed by atoms with Gasteiger partial charge in [-0.2, -0.15) is 0 Å². The number of anilines is 1. The molecule has 1 fully saturated rings. The lowest BCUT2D eigenvalue weighted by atomic mass is 9.78. The van der Waals surface area contributed by atoms with Crippen molar-refractivity contribution in [3.8, 4) is 5.75 Å². The molecule has 1 aliphatic carbocycles. The van der Waals surface area contributed by atoms with Gasteiger partial charge in [0.2, 0.25) is 0 Å². The van der Waals surface area contributed by atoms with E-state index in [0.29, 0.717) is 25.0 Å². The van der Waals surface area contributed by atoms with E-state index in [1.54, 1.807) is 0 Å². The van der Waals surface area contributed by atoms with Crippen LogP contribution in [0.2, 0.25) is 0 Å². The van der Waals surface area contributed by atoms with Crippen LogP contribution in [0.25, 0.3) is 10.8 Å². The topological polar surface area (TPSA) is 47.6 Å². The molecule has 0 aliphatic heterocycles. The SMILES string of the molecule is CCO[C@]1(C(=O)Nc2ccc(OCC(C)C)c3ccccc23)CCC[C@@H](C)C1. The number of hydrogen-bond acceptors (Lipinski definition) is 3. The van der Waals surface area contributed by atoms with Crippen molar-refractivity contribution in [3.63, 3.8) is 0 Å². The molecule has 2 atom stereocenters. The molecule has 0 aromatic heterocycles. The van der Waals surface area contributed by atoms with Crippen LogP contribution in [0, 0.1) is 11.8 Å². The van der Waals surface area contributed by atoms with Gasteiger partial charge in [-0.25, -0.2) is 0 Å². The molecule has 0 unspecified atom stereocenters. The summed E-state index contributed by atoms with van der Waals surface area (Å²) in [4.78, 5) is 13.3. The summed E-state index contributed by atoms with van der Waals surface area (Å²) in [5, 5.41) is 5.18. The number of nitrogens with one attached hydrogen (secondary N) is 1. The second-order valence-electron chi connectivity index (χ2n) is 8.44. The predicted octanol–water partition coefficient (Wildman–Crippen LogP) is 5.80. The average molecular weight is 384 g/mol. The van der Waals surface area contributed by atoms with E-state index in [9.17, 15) is 4.79 Å². The van der Waals surface area contributed by atoms with Crippen molar-refractivity contribution in [2.45, 2.75) is 59.0 Å². The minimum absolute atomic E-state index is 0.0260. The molecule has 0 radical (unpaired) electrons. The normalized spacial score (nSPS) is 22.4. The van der Waals surface area contributed by atoms with Crippen LogP contribution in [0.15, 0.2) is 36.4 Å². The van der Waals surface area contributed by atoms with Crippen LogP contribution in [0.4, 0.5) is 5.69 Å². The van der Waals surface area contributed by atoms with Crippen molar-refractivity contribution in [2.75, 3.05) is 18.5 Å². The molecule has 1 aliphatic rings. The maximum Gasteiger partial charge on any atom is 0.256 e. The number of carbonyl (C=O) groups excluding carboxylic acids is 1. The first kappa shape index (κ1) is 20.7. The van der Waals surface area contributed by atoms with Crippen LogP contribution in [0.5, 0.6) is 5.75 Å². The van der Waals surface area contributed by atoms with Crippen molar-refractivity contribution >= 4 is 22.4 Å². The molecule has 4 heteroatoms. The summed E-state index contributed by atoms with van der Waals surface area (Å²) in [5.74, 6) is 1.78. The lowest BCUT2D eigenvalue weighted by molar-refractivity contribution is -0.147. The fraction of sp³-hybridized carbons (Fsp3) is 0.542. The van der Waals surface area contributed by atoms with Gasteiger partial charge in [-0.3, -0.25) is 4.79 Å². The third kappa shape index (κ3) is 4.49. The van der Waals surface area contributed by atoms with Crippen molar-refractivity contribution in [2.24, 2.45) is 11.8 Å². The molecular formula is C24H33NO3. The average Bonchev–Trinajstić information content (AvgIpc) is 2.67. The highest BCUT2D eigenvalue weighted by molar-refractivity contribution is 6.06. The molecule has 0 bridgehead atoms. The molecule has 2 aromatic rings. The predicted molar refractivity (Wildman–Crippen MR) is 115 cm³/mol. The van der Waals surface area contributed by atoms with E-state index in [2.05, 4.69) is 26.1 Å². The van der Waals surface area contributed by atoms with Crippen LogP contribution >= 0.6 is 0 Å². The third-order valence-corrected chi connectivity index (χ3v) is 5.49. The van der Waals surface area contributed by atoms with Crippen molar-refractivity contribution < 1.29 is 14.3 Å². The number of fused-ring (bicyclic) bond motifs is 1. The van der Waals surface area contributed by atoms with E-state index in [-0.39, 0.29) is 5.91 Å². The number of carbonyl (C=O) groups is 1. The summed E-state index contributed by atoms with van der Waals surface area (Å²) >= 11 is 0. The summed E-state index contributed by atoms with van der Waals surface area (Å²) in [6, 6.07) is 12.0. The van der Waals surface area contributed by atoms with Crippen molar-refractivity contribution in [1.29, 1.82) is 0 Å². The van der Waals surface area contributed by atoms with Gasteiger partial charge in [0, 0.05) is 23.1 Å². The van der Waals surface area contributed by atoms with E-state index in [1.807, 2.05) is 43.3 Å². The van der Waals surface area contributed by atoms with Crippen LogP contribution in [-0.4, -0.2) is 24.7 Å². The van der Waals surface area contributed by atoms with E-state index < -0.39 is 5.60 Å². The maximum absolute atomic E-state index is 13.3. The number of ether oxygens (including phenoxy) is 2. The molecule has 2 aromatic carbocycles. The highest BCUT2D eigenvalue weighted by atomic mass is 16.5. The van der Waals surface area contributed by atoms with Gasteiger partial charge in [0.1, 0.15) is 11.4 Å². The van der Waals surface area contributed by atoms with Crippen molar-refractivity contribution in [1.82, 2.24) is 0 Å². The van der Waals surface area contributed by atoms with Gasteiger partial charge in [-0.15, -0.1) is 0 Å². The summed E-state index contributed by atoms with van der Waals surface area (Å²) < 4.78 is 12.0. The smallest absolute Gasteiger partial charge is 0.256 e. The number of benzene rings is 2. The number of amides is 1. The van der Waals surface area contributed by atoms with Gasteiger partial charge in [0.15, 0.2) is 0 Å². The summed E-state index contributed by atoms with van der Waals surface area (Å²) in [5.41, 5.74) is 0.0927. The summed E-state index contributed by atoms with van der Waals surface area (Å²) in [6.07, 6.45) is 3.74. The zero-order valence-electron chi connectivity index (χ0n) is 17.6. The molecule has 152 valence electrons. The first-order valence-corrected chi connectivity index (χ1v) is 10.5. The van der Waals surface area contributed by atoms with Gasteiger partial charge in [-0.05, 0) is 50.2 Å². The Morgan fingerprint density at radius 2 is 1.96 bits per heavy atom. The molecule has 1 N–H and O–H groups in total.